The van der Waals surface area contributed by atoms with Gasteiger partial charge in [-0.25, -0.2) is 0 Å². The number of benzene rings is 2. The van der Waals surface area contributed by atoms with Crippen LogP contribution in [0, 0.1) is 0 Å². The van der Waals surface area contributed by atoms with E-state index in [4.69, 9.17) is 4.74 Å². The highest BCUT2D eigenvalue weighted by molar-refractivity contribution is 5.37. The highest BCUT2D eigenvalue weighted by Crippen LogP contribution is 2.27. The molecule has 0 bridgehead atoms. The van der Waals surface area contributed by atoms with E-state index in [0.717, 1.165) is 17.7 Å². The van der Waals surface area contributed by atoms with Crippen LogP contribution < -0.4 is 10.1 Å². The molecule has 1 unspecified atom stereocenters. The average molecular weight is 271 g/mol. The van der Waals surface area contributed by atoms with Gasteiger partial charge in [-0.2, -0.15) is 0 Å². The zero-order valence-electron chi connectivity index (χ0n) is 12.0. The first kappa shape index (κ1) is 14.4. The summed E-state index contributed by atoms with van der Waals surface area (Å²) < 4.78 is 5.70. The van der Waals surface area contributed by atoms with Gasteiger partial charge < -0.3 is 15.2 Å². The van der Waals surface area contributed by atoms with Gasteiger partial charge >= 0.3 is 0 Å². The van der Waals surface area contributed by atoms with E-state index in [2.05, 4.69) is 11.4 Å². The molecule has 0 aromatic heterocycles. The van der Waals surface area contributed by atoms with Crippen molar-refractivity contribution in [2.24, 2.45) is 0 Å². The first-order valence-electron chi connectivity index (χ1n) is 6.91. The van der Waals surface area contributed by atoms with Crippen LogP contribution in [-0.4, -0.2) is 18.8 Å². The number of phenols is 1. The molecular weight excluding hydrogens is 250 g/mol. The Bertz CT molecular complexity index is 537. The third kappa shape index (κ3) is 3.52. The molecular formula is C17H21NO2. The number of para-hydroxylation sites is 1. The molecule has 1 atom stereocenters. The molecule has 3 nitrogen and oxygen atoms in total. The number of nitrogens with one attached hydrogen (secondary N) is 1. The first-order valence-corrected chi connectivity index (χ1v) is 6.91. The number of hydrogen-bond acceptors (Lipinski definition) is 3. The quantitative estimate of drug-likeness (QED) is 0.847. The van der Waals surface area contributed by atoms with Gasteiger partial charge in [0.2, 0.25) is 0 Å². The summed E-state index contributed by atoms with van der Waals surface area (Å²) in [6.07, 6.45) is 0.848. The third-order valence-electron chi connectivity index (χ3n) is 3.32. The SMILES string of the molecule is CCOc1ccccc1C(Cc1ccc(O)cc1)NC. The maximum absolute atomic E-state index is 9.34. The molecule has 2 aromatic rings. The Hall–Kier alpha value is -2.00. The third-order valence-corrected chi connectivity index (χ3v) is 3.32. The normalized spacial score (nSPS) is 12.1. The second-order valence-corrected chi connectivity index (χ2v) is 4.68. The van der Waals surface area contributed by atoms with Gasteiger partial charge in [-0.15, -0.1) is 0 Å². The second-order valence-electron chi connectivity index (χ2n) is 4.68. The van der Waals surface area contributed by atoms with Crippen molar-refractivity contribution in [1.29, 1.82) is 0 Å². The summed E-state index contributed by atoms with van der Waals surface area (Å²) in [5.41, 5.74) is 2.33. The van der Waals surface area contributed by atoms with E-state index in [-0.39, 0.29) is 6.04 Å². The van der Waals surface area contributed by atoms with Gasteiger partial charge in [0.25, 0.3) is 0 Å². The van der Waals surface area contributed by atoms with E-state index in [9.17, 15) is 5.11 Å². The predicted molar refractivity (Wildman–Crippen MR) is 81.2 cm³/mol. The minimum Gasteiger partial charge on any atom is -0.508 e. The number of rotatable bonds is 6. The molecule has 2 aromatic carbocycles. The van der Waals surface area contributed by atoms with Crippen LogP contribution in [-0.2, 0) is 6.42 Å². The lowest BCUT2D eigenvalue weighted by Crippen LogP contribution is -2.19. The van der Waals surface area contributed by atoms with Crippen molar-refractivity contribution in [2.45, 2.75) is 19.4 Å². The Morgan fingerprint density at radius 1 is 1.10 bits per heavy atom. The average Bonchev–Trinajstić information content (AvgIpc) is 2.48. The summed E-state index contributed by atoms with van der Waals surface area (Å²) in [5.74, 6) is 1.22. The smallest absolute Gasteiger partial charge is 0.124 e. The van der Waals surface area contributed by atoms with E-state index in [1.165, 1.54) is 5.56 Å². The van der Waals surface area contributed by atoms with Crippen LogP contribution in [0.4, 0.5) is 0 Å². The summed E-state index contributed by atoms with van der Waals surface area (Å²) in [7, 11) is 1.95. The summed E-state index contributed by atoms with van der Waals surface area (Å²) >= 11 is 0. The Morgan fingerprint density at radius 2 is 1.80 bits per heavy atom. The lowest BCUT2D eigenvalue weighted by atomic mass is 9.98. The van der Waals surface area contributed by atoms with Crippen molar-refractivity contribution in [3.05, 3.63) is 59.7 Å². The molecule has 20 heavy (non-hydrogen) atoms. The Morgan fingerprint density at radius 3 is 2.45 bits per heavy atom. The van der Waals surface area contributed by atoms with Crippen LogP contribution in [0.3, 0.4) is 0 Å². The van der Waals surface area contributed by atoms with Gasteiger partial charge in [0.1, 0.15) is 11.5 Å². The molecule has 0 fully saturated rings. The summed E-state index contributed by atoms with van der Waals surface area (Å²) in [6, 6.07) is 15.6. The van der Waals surface area contributed by atoms with Gasteiger partial charge in [-0.05, 0) is 44.2 Å². The van der Waals surface area contributed by atoms with Gasteiger partial charge in [0.15, 0.2) is 0 Å². The molecule has 0 aliphatic heterocycles. The monoisotopic (exact) mass is 271 g/mol. The molecule has 0 saturated heterocycles. The van der Waals surface area contributed by atoms with Gasteiger partial charge in [-0.3, -0.25) is 0 Å². The summed E-state index contributed by atoms with van der Waals surface area (Å²) in [4.78, 5) is 0. The lowest BCUT2D eigenvalue weighted by Gasteiger charge is -2.20. The number of ether oxygens (including phenoxy) is 1. The van der Waals surface area contributed by atoms with Crippen LogP contribution in [0.25, 0.3) is 0 Å². The maximum atomic E-state index is 9.34. The molecule has 2 N–H and O–H groups in total. The van der Waals surface area contributed by atoms with E-state index in [1.54, 1.807) is 12.1 Å². The molecule has 0 aliphatic rings. The van der Waals surface area contributed by atoms with Crippen molar-refractivity contribution in [3.63, 3.8) is 0 Å². The van der Waals surface area contributed by atoms with Crippen molar-refractivity contribution in [1.82, 2.24) is 5.32 Å². The van der Waals surface area contributed by atoms with Crippen LogP contribution in [0.15, 0.2) is 48.5 Å². The molecule has 2 rings (SSSR count). The first-order chi connectivity index (χ1) is 9.74. The summed E-state index contributed by atoms with van der Waals surface area (Å²) in [6.45, 7) is 2.65. The molecule has 0 aliphatic carbocycles. The minimum absolute atomic E-state index is 0.183. The zero-order chi connectivity index (χ0) is 14.4. The van der Waals surface area contributed by atoms with Crippen molar-refractivity contribution in [2.75, 3.05) is 13.7 Å². The molecule has 0 saturated carbocycles. The number of phenolic OH excluding ortho intramolecular Hbond substituents is 1. The fourth-order valence-electron chi connectivity index (χ4n) is 2.29. The largest absolute Gasteiger partial charge is 0.508 e. The van der Waals surface area contributed by atoms with Crippen LogP contribution in [0.1, 0.15) is 24.1 Å². The molecule has 0 heterocycles. The predicted octanol–water partition coefficient (Wildman–Crippen LogP) is 3.29. The fraction of sp³-hybridized carbons (Fsp3) is 0.294. The number of aromatic hydroxyl groups is 1. The highest BCUT2D eigenvalue weighted by atomic mass is 16.5. The van der Waals surface area contributed by atoms with Crippen LogP contribution >= 0.6 is 0 Å². The van der Waals surface area contributed by atoms with E-state index < -0.39 is 0 Å². The maximum Gasteiger partial charge on any atom is 0.124 e. The van der Waals surface area contributed by atoms with Gasteiger partial charge in [-0.1, -0.05) is 30.3 Å². The van der Waals surface area contributed by atoms with Crippen molar-refractivity contribution in [3.8, 4) is 11.5 Å². The molecule has 0 radical (unpaired) electrons. The molecule has 3 heteroatoms. The molecule has 0 amide bonds. The van der Waals surface area contributed by atoms with Crippen molar-refractivity contribution >= 4 is 0 Å². The van der Waals surface area contributed by atoms with E-state index in [0.29, 0.717) is 12.4 Å². The van der Waals surface area contributed by atoms with E-state index in [1.807, 2.05) is 44.3 Å². The van der Waals surface area contributed by atoms with Gasteiger partial charge in [0, 0.05) is 11.6 Å². The summed E-state index contributed by atoms with van der Waals surface area (Å²) in [5, 5.41) is 12.7. The Labute approximate surface area is 120 Å². The Balaban J connectivity index is 2.21. The molecule has 106 valence electrons. The van der Waals surface area contributed by atoms with Gasteiger partial charge in [0.05, 0.1) is 6.61 Å². The molecule has 0 spiro atoms. The fourth-order valence-corrected chi connectivity index (χ4v) is 2.29. The standard InChI is InChI=1S/C17H21NO2/c1-3-20-17-7-5-4-6-15(17)16(18-2)12-13-8-10-14(19)11-9-13/h4-11,16,18-19H,3,12H2,1-2H3. The van der Waals surface area contributed by atoms with Crippen LogP contribution in [0.5, 0.6) is 11.5 Å². The number of hydrogen-bond donors (Lipinski definition) is 2. The zero-order valence-corrected chi connectivity index (χ0v) is 12.0. The Kier molecular flexibility index (Phi) is 5.02. The topological polar surface area (TPSA) is 41.5 Å². The van der Waals surface area contributed by atoms with E-state index >= 15 is 0 Å². The number of likely N-dealkylation sites (N-methyl/N-ethyl adjacent to an activating group) is 1. The lowest BCUT2D eigenvalue weighted by molar-refractivity contribution is 0.332. The second kappa shape index (κ2) is 6.96. The van der Waals surface area contributed by atoms with Crippen molar-refractivity contribution < 1.29 is 9.84 Å². The highest BCUT2D eigenvalue weighted by Gasteiger charge is 2.14. The minimum atomic E-state index is 0.183. The van der Waals surface area contributed by atoms with Crippen LogP contribution in [0.2, 0.25) is 0 Å².